The SMILES string of the molecule is CCCNC(=S)NN1C(=O)NC(c2ccccc2)(c2ccccc2)C1=O. The van der Waals surface area contributed by atoms with Crippen LogP contribution in [-0.2, 0) is 10.3 Å². The zero-order valence-electron chi connectivity index (χ0n) is 14.4. The number of amides is 3. The Hall–Kier alpha value is -2.93. The van der Waals surface area contributed by atoms with Gasteiger partial charge in [-0.15, -0.1) is 0 Å². The van der Waals surface area contributed by atoms with E-state index in [-0.39, 0.29) is 5.11 Å². The second-order valence-electron chi connectivity index (χ2n) is 5.92. The minimum Gasteiger partial charge on any atom is -0.361 e. The third kappa shape index (κ3) is 3.13. The molecule has 3 rings (SSSR count). The first-order valence-corrected chi connectivity index (χ1v) is 8.82. The molecule has 3 amide bonds. The first kappa shape index (κ1) is 17.9. The molecular weight excluding hydrogens is 348 g/mol. The van der Waals surface area contributed by atoms with E-state index >= 15 is 0 Å². The quantitative estimate of drug-likeness (QED) is 0.558. The predicted octanol–water partition coefficient (Wildman–Crippen LogP) is 2.27. The maximum absolute atomic E-state index is 13.3. The summed E-state index contributed by atoms with van der Waals surface area (Å²) >= 11 is 5.17. The first-order chi connectivity index (χ1) is 12.6. The molecule has 134 valence electrons. The van der Waals surface area contributed by atoms with Crippen molar-refractivity contribution in [2.75, 3.05) is 6.54 Å². The number of imide groups is 1. The molecule has 0 saturated carbocycles. The van der Waals surface area contributed by atoms with Gasteiger partial charge in [0, 0.05) is 6.54 Å². The van der Waals surface area contributed by atoms with Crippen molar-refractivity contribution in [3.05, 3.63) is 71.8 Å². The number of hydrazine groups is 1. The van der Waals surface area contributed by atoms with Gasteiger partial charge >= 0.3 is 6.03 Å². The summed E-state index contributed by atoms with van der Waals surface area (Å²) in [6, 6.07) is 17.8. The number of urea groups is 1. The van der Waals surface area contributed by atoms with Gasteiger partial charge in [-0.05, 0) is 29.8 Å². The van der Waals surface area contributed by atoms with E-state index in [1.807, 2.05) is 67.6 Å². The Morgan fingerprint density at radius 3 is 2.08 bits per heavy atom. The smallest absolute Gasteiger partial charge is 0.344 e. The molecule has 0 aromatic heterocycles. The lowest BCUT2D eigenvalue weighted by Gasteiger charge is -2.28. The van der Waals surface area contributed by atoms with Crippen molar-refractivity contribution in [3.63, 3.8) is 0 Å². The van der Waals surface area contributed by atoms with Crippen molar-refractivity contribution in [1.82, 2.24) is 21.1 Å². The molecule has 2 aromatic rings. The average Bonchev–Trinajstić information content (AvgIpc) is 2.93. The second kappa shape index (κ2) is 7.53. The fourth-order valence-electron chi connectivity index (χ4n) is 2.95. The zero-order chi connectivity index (χ0) is 18.6. The molecule has 2 aromatic carbocycles. The van der Waals surface area contributed by atoms with Crippen molar-refractivity contribution in [2.24, 2.45) is 0 Å². The minimum atomic E-state index is -1.30. The molecule has 0 bridgehead atoms. The van der Waals surface area contributed by atoms with Gasteiger partial charge in [0.25, 0.3) is 5.91 Å². The van der Waals surface area contributed by atoms with Crippen molar-refractivity contribution in [2.45, 2.75) is 18.9 Å². The third-order valence-corrected chi connectivity index (χ3v) is 4.42. The van der Waals surface area contributed by atoms with Gasteiger partial charge in [-0.2, -0.15) is 5.01 Å². The summed E-state index contributed by atoms with van der Waals surface area (Å²) in [5.41, 5.74) is 2.76. The van der Waals surface area contributed by atoms with Gasteiger partial charge in [0.05, 0.1) is 0 Å². The second-order valence-corrected chi connectivity index (χ2v) is 6.33. The monoisotopic (exact) mass is 368 g/mol. The number of rotatable bonds is 5. The number of carbonyl (C=O) groups is 2. The van der Waals surface area contributed by atoms with E-state index in [9.17, 15) is 9.59 Å². The summed E-state index contributed by atoms with van der Waals surface area (Å²) in [7, 11) is 0. The van der Waals surface area contributed by atoms with Crippen molar-refractivity contribution >= 4 is 29.3 Å². The summed E-state index contributed by atoms with van der Waals surface area (Å²) < 4.78 is 0. The number of nitrogens with zero attached hydrogens (tertiary/aromatic N) is 1. The molecule has 1 heterocycles. The van der Waals surface area contributed by atoms with Crippen LogP contribution < -0.4 is 16.1 Å². The molecule has 3 N–H and O–H groups in total. The lowest BCUT2D eigenvalue weighted by Crippen LogP contribution is -2.51. The van der Waals surface area contributed by atoms with E-state index < -0.39 is 17.5 Å². The highest BCUT2D eigenvalue weighted by molar-refractivity contribution is 7.80. The summed E-state index contributed by atoms with van der Waals surface area (Å²) in [4.78, 5) is 25.9. The number of thiocarbonyl (C=S) groups is 1. The predicted molar refractivity (Wildman–Crippen MR) is 103 cm³/mol. The Bertz CT molecular complexity index is 771. The van der Waals surface area contributed by atoms with Gasteiger partial charge in [0.2, 0.25) is 0 Å². The third-order valence-electron chi connectivity index (χ3n) is 4.18. The number of carbonyl (C=O) groups excluding carboxylic acids is 2. The fourth-order valence-corrected chi connectivity index (χ4v) is 3.14. The van der Waals surface area contributed by atoms with Crippen molar-refractivity contribution in [1.29, 1.82) is 0 Å². The molecule has 0 aliphatic carbocycles. The molecular formula is C19H20N4O2S. The van der Waals surface area contributed by atoms with Crippen LogP contribution in [0.15, 0.2) is 60.7 Å². The standard InChI is InChI=1S/C19H20N4O2S/c1-2-13-20-17(26)22-23-16(24)19(21-18(23)25,14-9-5-3-6-10-14)15-11-7-4-8-12-15/h3-12H,2,13H2,1H3,(H,21,25)(H2,20,22,26). The number of hydrogen-bond donors (Lipinski definition) is 3. The maximum Gasteiger partial charge on any atom is 0.344 e. The van der Waals surface area contributed by atoms with Crippen LogP contribution in [0.1, 0.15) is 24.5 Å². The summed E-state index contributed by atoms with van der Waals surface area (Å²) in [6.45, 7) is 2.65. The molecule has 0 atom stereocenters. The molecule has 6 nitrogen and oxygen atoms in total. The molecule has 1 fully saturated rings. The number of nitrogens with one attached hydrogen (secondary N) is 3. The van der Waals surface area contributed by atoms with E-state index in [2.05, 4.69) is 16.1 Å². The van der Waals surface area contributed by atoms with Gasteiger partial charge < -0.3 is 10.6 Å². The fraction of sp³-hybridized carbons (Fsp3) is 0.211. The van der Waals surface area contributed by atoms with Crippen molar-refractivity contribution in [3.8, 4) is 0 Å². The molecule has 1 aliphatic heterocycles. The molecule has 7 heteroatoms. The summed E-state index contributed by atoms with van der Waals surface area (Å²) in [6.07, 6.45) is 0.875. The topological polar surface area (TPSA) is 73.5 Å². The largest absolute Gasteiger partial charge is 0.361 e. The minimum absolute atomic E-state index is 0.229. The molecule has 0 radical (unpaired) electrons. The molecule has 1 aliphatic rings. The lowest BCUT2D eigenvalue weighted by molar-refractivity contribution is -0.131. The van der Waals surface area contributed by atoms with Crippen molar-refractivity contribution < 1.29 is 9.59 Å². The van der Waals surface area contributed by atoms with Gasteiger partial charge in [0.1, 0.15) is 0 Å². The van der Waals surface area contributed by atoms with Crippen LogP contribution in [0, 0.1) is 0 Å². The normalized spacial score (nSPS) is 15.5. The van der Waals surface area contributed by atoms with Gasteiger partial charge in [-0.25, -0.2) is 4.79 Å². The Kier molecular flexibility index (Phi) is 5.18. The highest BCUT2D eigenvalue weighted by atomic mass is 32.1. The van der Waals surface area contributed by atoms with E-state index in [1.54, 1.807) is 0 Å². The van der Waals surface area contributed by atoms with Crippen LogP contribution in [0.25, 0.3) is 0 Å². The highest BCUT2D eigenvalue weighted by Crippen LogP contribution is 2.35. The Balaban J connectivity index is 2.00. The van der Waals surface area contributed by atoms with Gasteiger partial charge in [0.15, 0.2) is 10.7 Å². The highest BCUT2D eigenvalue weighted by Gasteiger charge is 2.54. The number of hydrogen-bond acceptors (Lipinski definition) is 3. The van der Waals surface area contributed by atoms with Crippen LogP contribution in [0.4, 0.5) is 4.79 Å². The maximum atomic E-state index is 13.3. The van der Waals surface area contributed by atoms with Crippen LogP contribution in [0.2, 0.25) is 0 Å². The van der Waals surface area contributed by atoms with Crippen LogP contribution >= 0.6 is 12.2 Å². The molecule has 0 spiro atoms. The molecule has 0 unspecified atom stereocenters. The lowest BCUT2D eigenvalue weighted by atomic mass is 9.83. The summed E-state index contributed by atoms with van der Waals surface area (Å²) in [5.74, 6) is -0.430. The van der Waals surface area contributed by atoms with Crippen LogP contribution in [0.5, 0.6) is 0 Å². The van der Waals surface area contributed by atoms with Gasteiger partial charge in [-0.1, -0.05) is 67.6 Å². The average molecular weight is 368 g/mol. The number of benzene rings is 2. The van der Waals surface area contributed by atoms with E-state index in [0.717, 1.165) is 11.4 Å². The zero-order valence-corrected chi connectivity index (χ0v) is 15.2. The Morgan fingerprint density at radius 1 is 1.04 bits per heavy atom. The Labute approximate surface area is 157 Å². The van der Waals surface area contributed by atoms with E-state index in [0.29, 0.717) is 17.7 Å². The van der Waals surface area contributed by atoms with E-state index in [4.69, 9.17) is 12.2 Å². The Morgan fingerprint density at radius 2 is 1.58 bits per heavy atom. The molecule has 1 saturated heterocycles. The van der Waals surface area contributed by atoms with Gasteiger partial charge in [-0.3, -0.25) is 10.2 Å². The van der Waals surface area contributed by atoms with Crippen LogP contribution in [0.3, 0.4) is 0 Å². The van der Waals surface area contributed by atoms with E-state index in [1.165, 1.54) is 0 Å². The van der Waals surface area contributed by atoms with Crippen LogP contribution in [-0.4, -0.2) is 28.6 Å². The first-order valence-electron chi connectivity index (χ1n) is 8.42. The summed E-state index contributed by atoms with van der Waals surface area (Å²) in [5, 5.41) is 6.97. The molecule has 26 heavy (non-hydrogen) atoms.